The highest BCUT2D eigenvalue weighted by Crippen LogP contribution is 2.26. The number of carbonyl (C=O) groups excluding carboxylic acids is 1. The minimum Gasteiger partial charge on any atom is -0.358 e. The van der Waals surface area contributed by atoms with Gasteiger partial charge in [0.25, 0.3) is 5.91 Å². The summed E-state index contributed by atoms with van der Waals surface area (Å²) in [7, 11) is 0. The SMILES string of the molecule is O=C(Nc1ccc(-c2ccccc2)cc1)c1n[nH]c([N+](=O)[O-])c1Br. The lowest BCUT2D eigenvalue weighted by Gasteiger charge is -2.05. The molecule has 1 aromatic heterocycles. The third-order valence-electron chi connectivity index (χ3n) is 3.34. The third-order valence-corrected chi connectivity index (χ3v) is 4.09. The summed E-state index contributed by atoms with van der Waals surface area (Å²) >= 11 is 3.01. The molecule has 0 spiro atoms. The Hall–Kier alpha value is -3.00. The van der Waals surface area contributed by atoms with Crippen molar-refractivity contribution in [2.45, 2.75) is 0 Å². The lowest BCUT2D eigenvalue weighted by atomic mass is 10.1. The van der Waals surface area contributed by atoms with Crippen LogP contribution in [0, 0.1) is 10.1 Å². The van der Waals surface area contributed by atoms with Gasteiger partial charge in [-0.1, -0.05) is 47.6 Å². The summed E-state index contributed by atoms with van der Waals surface area (Å²) < 4.78 is 0.0194. The number of aromatic nitrogens is 2. The molecular formula is C16H11BrN4O3. The number of amides is 1. The second kappa shape index (κ2) is 6.63. The van der Waals surface area contributed by atoms with Crippen LogP contribution in [0.15, 0.2) is 59.1 Å². The quantitative estimate of drug-likeness (QED) is 0.522. The van der Waals surface area contributed by atoms with Crippen molar-refractivity contribution in [3.05, 3.63) is 74.9 Å². The fourth-order valence-electron chi connectivity index (χ4n) is 2.16. The fraction of sp³-hybridized carbons (Fsp3) is 0. The molecule has 0 saturated carbocycles. The molecule has 0 unspecified atom stereocenters. The van der Waals surface area contributed by atoms with Gasteiger partial charge in [0.05, 0.1) is 0 Å². The molecule has 1 amide bonds. The number of hydrogen-bond acceptors (Lipinski definition) is 4. The standard InChI is InChI=1S/C16H11BrN4O3/c17-13-14(19-20-15(13)21(23)24)16(22)18-12-8-6-11(7-9-12)10-4-2-1-3-5-10/h1-9H,(H,18,22)(H,19,20). The summed E-state index contributed by atoms with van der Waals surface area (Å²) in [5.74, 6) is -0.904. The number of carbonyl (C=O) groups is 1. The first-order valence-corrected chi connectivity index (χ1v) is 7.70. The van der Waals surface area contributed by atoms with Gasteiger partial charge >= 0.3 is 5.82 Å². The zero-order valence-corrected chi connectivity index (χ0v) is 13.8. The Kier molecular flexibility index (Phi) is 4.39. The molecule has 0 bridgehead atoms. The molecule has 0 saturated heterocycles. The number of aromatic amines is 1. The minimum atomic E-state index is -0.650. The molecule has 0 aliphatic carbocycles. The maximum atomic E-state index is 12.2. The molecule has 0 aliphatic rings. The smallest absolute Gasteiger partial charge is 0.357 e. The van der Waals surface area contributed by atoms with Gasteiger partial charge in [-0.3, -0.25) is 4.79 Å². The molecule has 0 aliphatic heterocycles. The Morgan fingerprint density at radius 1 is 1.08 bits per heavy atom. The fourth-order valence-corrected chi connectivity index (χ4v) is 2.66. The summed E-state index contributed by atoms with van der Waals surface area (Å²) in [5, 5.41) is 19.3. The van der Waals surface area contributed by atoms with Crippen LogP contribution < -0.4 is 5.32 Å². The lowest BCUT2D eigenvalue weighted by Crippen LogP contribution is -2.13. The van der Waals surface area contributed by atoms with Gasteiger partial charge in [0.1, 0.15) is 4.47 Å². The number of nitro groups is 1. The van der Waals surface area contributed by atoms with E-state index >= 15 is 0 Å². The van der Waals surface area contributed by atoms with Crippen molar-refractivity contribution in [1.82, 2.24) is 10.2 Å². The van der Waals surface area contributed by atoms with Gasteiger partial charge in [-0.05, 0) is 44.1 Å². The highest BCUT2D eigenvalue weighted by Gasteiger charge is 2.24. The van der Waals surface area contributed by atoms with E-state index in [1.165, 1.54) is 0 Å². The van der Waals surface area contributed by atoms with E-state index < -0.39 is 10.8 Å². The monoisotopic (exact) mass is 386 g/mol. The molecule has 0 radical (unpaired) electrons. The van der Waals surface area contributed by atoms with E-state index in [1.807, 2.05) is 42.5 Å². The van der Waals surface area contributed by atoms with Crippen LogP contribution >= 0.6 is 15.9 Å². The molecule has 1 heterocycles. The molecule has 7 nitrogen and oxygen atoms in total. The predicted octanol–water partition coefficient (Wildman–Crippen LogP) is 4.00. The number of anilines is 1. The Bertz CT molecular complexity index is 891. The van der Waals surface area contributed by atoms with Crippen LogP contribution in [0.4, 0.5) is 11.5 Å². The summed E-state index contributed by atoms with van der Waals surface area (Å²) in [5.41, 5.74) is 2.58. The molecule has 24 heavy (non-hydrogen) atoms. The number of benzene rings is 2. The van der Waals surface area contributed by atoms with E-state index in [2.05, 4.69) is 31.4 Å². The van der Waals surface area contributed by atoms with Crippen LogP contribution in [-0.2, 0) is 0 Å². The van der Waals surface area contributed by atoms with Gasteiger partial charge in [-0.15, -0.1) is 5.10 Å². The number of nitrogens with zero attached hydrogens (tertiary/aromatic N) is 2. The van der Waals surface area contributed by atoms with Crippen LogP contribution in [0.5, 0.6) is 0 Å². The van der Waals surface area contributed by atoms with Gasteiger partial charge in [0.2, 0.25) is 0 Å². The summed E-state index contributed by atoms with van der Waals surface area (Å²) in [6, 6.07) is 17.1. The van der Waals surface area contributed by atoms with Gasteiger partial charge < -0.3 is 15.4 Å². The second-order valence-electron chi connectivity index (χ2n) is 4.89. The van der Waals surface area contributed by atoms with Crippen molar-refractivity contribution in [2.75, 3.05) is 5.32 Å². The van der Waals surface area contributed by atoms with Crippen molar-refractivity contribution >= 4 is 33.3 Å². The van der Waals surface area contributed by atoms with E-state index in [9.17, 15) is 14.9 Å². The molecule has 0 fully saturated rings. The number of halogens is 1. The van der Waals surface area contributed by atoms with Crippen LogP contribution in [0.1, 0.15) is 10.5 Å². The average Bonchev–Trinajstić information content (AvgIpc) is 2.98. The summed E-state index contributed by atoms with van der Waals surface area (Å²) in [4.78, 5) is 22.3. The van der Waals surface area contributed by atoms with Crippen LogP contribution in [0.25, 0.3) is 11.1 Å². The maximum Gasteiger partial charge on any atom is 0.357 e. The molecule has 0 atom stereocenters. The number of nitrogens with one attached hydrogen (secondary N) is 2. The first-order valence-electron chi connectivity index (χ1n) is 6.91. The van der Waals surface area contributed by atoms with E-state index in [4.69, 9.17) is 0 Å². The normalized spacial score (nSPS) is 10.4. The second-order valence-corrected chi connectivity index (χ2v) is 5.68. The summed E-state index contributed by atoms with van der Waals surface area (Å²) in [6.07, 6.45) is 0. The zero-order valence-electron chi connectivity index (χ0n) is 12.2. The largest absolute Gasteiger partial charge is 0.358 e. The first kappa shape index (κ1) is 15.9. The van der Waals surface area contributed by atoms with E-state index in [0.717, 1.165) is 11.1 Å². The summed E-state index contributed by atoms with van der Waals surface area (Å²) in [6.45, 7) is 0. The molecule has 3 aromatic rings. The first-order chi connectivity index (χ1) is 11.6. The Balaban J connectivity index is 1.77. The Morgan fingerprint density at radius 2 is 1.71 bits per heavy atom. The predicted molar refractivity (Wildman–Crippen MR) is 92.8 cm³/mol. The maximum absolute atomic E-state index is 12.2. The Labute approximate surface area is 145 Å². The average molecular weight is 387 g/mol. The molecular weight excluding hydrogens is 376 g/mol. The van der Waals surface area contributed by atoms with Gasteiger partial charge in [0.15, 0.2) is 5.69 Å². The van der Waals surface area contributed by atoms with Gasteiger partial charge in [-0.25, -0.2) is 0 Å². The molecule has 8 heteroatoms. The van der Waals surface area contributed by atoms with E-state index in [-0.39, 0.29) is 16.0 Å². The highest BCUT2D eigenvalue weighted by molar-refractivity contribution is 9.10. The van der Waals surface area contributed by atoms with Crippen molar-refractivity contribution < 1.29 is 9.72 Å². The molecule has 2 aromatic carbocycles. The third kappa shape index (κ3) is 3.18. The van der Waals surface area contributed by atoms with Crippen molar-refractivity contribution in [3.8, 4) is 11.1 Å². The van der Waals surface area contributed by atoms with Crippen molar-refractivity contribution in [2.24, 2.45) is 0 Å². The van der Waals surface area contributed by atoms with Crippen LogP contribution in [-0.4, -0.2) is 21.0 Å². The molecule has 3 rings (SSSR count). The molecule has 2 N–H and O–H groups in total. The number of hydrogen-bond donors (Lipinski definition) is 2. The highest BCUT2D eigenvalue weighted by atomic mass is 79.9. The molecule has 120 valence electrons. The van der Waals surface area contributed by atoms with Crippen LogP contribution in [0.2, 0.25) is 0 Å². The zero-order chi connectivity index (χ0) is 17.1. The lowest BCUT2D eigenvalue weighted by molar-refractivity contribution is -0.390. The topological polar surface area (TPSA) is 101 Å². The van der Waals surface area contributed by atoms with E-state index in [1.54, 1.807) is 12.1 Å². The van der Waals surface area contributed by atoms with Gasteiger partial charge in [0, 0.05) is 5.69 Å². The van der Waals surface area contributed by atoms with E-state index in [0.29, 0.717) is 5.69 Å². The van der Waals surface area contributed by atoms with Crippen molar-refractivity contribution in [3.63, 3.8) is 0 Å². The number of H-pyrrole nitrogens is 1. The van der Waals surface area contributed by atoms with Crippen molar-refractivity contribution in [1.29, 1.82) is 0 Å². The number of rotatable bonds is 4. The van der Waals surface area contributed by atoms with Gasteiger partial charge in [-0.2, -0.15) is 0 Å². The van der Waals surface area contributed by atoms with Crippen LogP contribution in [0.3, 0.4) is 0 Å². The minimum absolute atomic E-state index is 0.0194. The Morgan fingerprint density at radius 3 is 2.29 bits per heavy atom.